The third-order valence-corrected chi connectivity index (χ3v) is 3.88. The zero-order chi connectivity index (χ0) is 15.5. The van der Waals surface area contributed by atoms with E-state index in [-0.39, 0.29) is 18.4 Å². The van der Waals surface area contributed by atoms with Crippen molar-refractivity contribution in [1.82, 2.24) is 4.90 Å². The molecular weight excluding hydrogens is 276 g/mol. The molecule has 0 saturated carbocycles. The molecule has 2 aromatic rings. The second kappa shape index (κ2) is 6.02. The second-order valence-electron chi connectivity index (χ2n) is 5.42. The van der Waals surface area contributed by atoms with Crippen LogP contribution in [0.5, 0.6) is 0 Å². The number of carbonyl (C=O) groups is 2. The molecule has 1 aliphatic rings. The summed E-state index contributed by atoms with van der Waals surface area (Å²) in [6.07, 6.45) is 0.967. The van der Waals surface area contributed by atoms with Crippen LogP contribution < -0.4 is 5.32 Å². The largest absolute Gasteiger partial charge is 0.325 e. The van der Waals surface area contributed by atoms with Crippen LogP contribution in [-0.4, -0.2) is 23.3 Å². The highest BCUT2D eigenvalue weighted by Crippen LogP contribution is 2.22. The van der Waals surface area contributed by atoms with E-state index in [0.29, 0.717) is 12.1 Å². The van der Waals surface area contributed by atoms with E-state index in [9.17, 15) is 9.59 Å². The average Bonchev–Trinajstić information content (AvgIpc) is 2.84. The maximum atomic E-state index is 12.2. The van der Waals surface area contributed by atoms with E-state index < -0.39 is 0 Å². The molecule has 1 heterocycles. The van der Waals surface area contributed by atoms with Gasteiger partial charge >= 0.3 is 0 Å². The van der Waals surface area contributed by atoms with E-state index in [2.05, 4.69) is 12.2 Å². The number of carbonyl (C=O) groups excluding carboxylic acids is 2. The second-order valence-corrected chi connectivity index (χ2v) is 5.42. The summed E-state index contributed by atoms with van der Waals surface area (Å²) in [4.78, 5) is 25.9. The molecule has 0 radical (unpaired) electrons. The van der Waals surface area contributed by atoms with Gasteiger partial charge in [0.1, 0.15) is 6.54 Å². The Morgan fingerprint density at radius 1 is 1.14 bits per heavy atom. The molecule has 1 N–H and O–H groups in total. The van der Waals surface area contributed by atoms with Gasteiger partial charge in [0.05, 0.1) is 0 Å². The van der Waals surface area contributed by atoms with Crippen molar-refractivity contribution in [2.24, 2.45) is 0 Å². The molecule has 4 nitrogen and oxygen atoms in total. The molecule has 0 atom stereocenters. The first kappa shape index (κ1) is 14.3. The number of anilines is 1. The third-order valence-electron chi connectivity index (χ3n) is 3.88. The van der Waals surface area contributed by atoms with Gasteiger partial charge in [-0.05, 0) is 35.7 Å². The first-order chi connectivity index (χ1) is 10.7. The number of hydrogen-bond donors (Lipinski definition) is 1. The Hall–Kier alpha value is -2.62. The summed E-state index contributed by atoms with van der Waals surface area (Å²) in [5.41, 5.74) is 3.66. The number of benzene rings is 2. The lowest BCUT2D eigenvalue weighted by molar-refractivity contribution is -0.116. The highest BCUT2D eigenvalue weighted by Gasteiger charge is 2.28. The highest BCUT2D eigenvalue weighted by atomic mass is 16.2. The van der Waals surface area contributed by atoms with Gasteiger partial charge in [-0.25, -0.2) is 0 Å². The lowest BCUT2D eigenvalue weighted by atomic mass is 10.1. The summed E-state index contributed by atoms with van der Waals surface area (Å²) < 4.78 is 0. The highest BCUT2D eigenvalue weighted by molar-refractivity contribution is 6.02. The maximum Gasteiger partial charge on any atom is 0.254 e. The van der Waals surface area contributed by atoms with Crippen molar-refractivity contribution < 1.29 is 9.59 Å². The molecule has 3 rings (SSSR count). The van der Waals surface area contributed by atoms with E-state index in [4.69, 9.17) is 0 Å². The number of nitrogens with one attached hydrogen (secondary N) is 1. The third kappa shape index (κ3) is 2.86. The van der Waals surface area contributed by atoms with Gasteiger partial charge < -0.3 is 10.2 Å². The van der Waals surface area contributed by atoms with Crippen LogP contribution in [0.15, 0.2) is 48.5 Å². The van der Waals surface area contributed by atoms with Crippen molar-refractivity contribution in [3.05, 3.63) is 65.2 Å². The molecule has 22 heavy (non-hydrogen) atoms. The van der Waals surface area contributed by atoms with Crippen LogP contribution in [0, 0.1) is 0 Å². The predicted molar refractivity (Wildman–Crippen MR) is 85.6 cm³/mol. The Bertz CT molecular complexity index is 707. The van der Waals surface area contributed by atoms with Crippen LogP contribution in [0.2, 0.25) is 0 Å². The molecule has 112 valence electrons. The average molecular weight is 294 g/mol. The number of aryl methyl sites for hydroxylation is 1. The van der Waals surface area contributed by atoms with Crippen molar-refractivity contribution in [3.63, 3.8) is 0 Å². The SMILES string of the molecule is CCc1ccc(NC(=O)CN2Cc3ccccc3C2=O)cc1. The summed E-state index contributed by atoms with van der Waals surface area (Å²) in [5.74, 6) is -0.252. The quantitative estimate of drug-likeness (QED) is 0.942. The summed E-state index contributed by atoms with van der Waals surface area (Å²) >= 11 is 0. The molecule has 0 aromatic heterocycles. The zero-order valence-electron chi connectivity index (χ0n) is 12.5. The summed E-state index contributed by atoms with van der Waals surface area (Å²) in [6.45, 7) is 2.66. The lowest BCUT2D eigenvalue weighted by Crippen LogP contribution is -2.33. The first-order valence-electron chi connectivity index (χ1n) is 7.43. The van der Waals surface area contributed by atoms with Gasteiger partial charge in [-0.2, -0.15) is 0 Å². The van der Waals surface area contributed by atoms with Crippen molar-refractivity contribution in [2.45, 2.75) is 19.9 Å². The molecule has 0 aliphatic carbocycles. The van der Waals surface area contributed by atoms with Gasteiger partial charge in [-0.3, -0.25) is 9.59 Å². The van der Waals surface area contributed by atoms with Crippen molar-refractivity contribution in [2.75, 3.05) is 11.9 Å². The van der Waals surface area contributed by atoms with Crippen molar-refractivity contribution in [1.29, 1.82) is 0 Å². The first-order valence-corrected chi connectivity index (χ1v) is 7.43. The predicted octanol–water partition coefficient (Wildman–Crippen LogP) is 2.84. The van der Waals surface area contributed by atoms with Crippen LogP contribution in [0.1, 0.15) is 28.4 Å². The standard InChI is InChI=1S/C18H18N2O2/c1-2-13-7-9-15(10-8-13)19-17(21)12-20-11-14-5-3-4-6-16(14)18(20)22/h3-10H,2,11-12H2,1H3,(H,19,21). The summed E-state index contributed by atoms with van der Waals surface area (Å²) in [7, 11) is 0. The van der Waals surface area contributed by atoms with E-state index in [1.54, 1.807) is 11.0 Å². The van der Waals surface area contributed by atoms with Crippen molar-refractivity contribution in [3.8, 4) is 0 Å². The van der Waals surface area contributed by atoms with Crippen LogP contribution >= 0.6 is 0 Å². The fourth-order valence-corrected chi connectivity index (χ4v) is 2.64. The smallest absolute Gasteiger partial charge is 0.254 e. The van der Waals surface area contributed by atoms with Crippen LogP contribution in [-0.2, 0) is 17.8 Å². The lowest BCUT2D eigenvalue weighted by Gasteiger charge is -2.15. The Labute approximate surface area is 129 Å². The van der Waals surface area contributed by atoms with Gasteiger partial charge in [-0.1, -0.05) is 37.3 Å². The van der Waals surface area contributed by atoms with Crippen molar-refractivity contribution >= 4 is 17.5 Å². The number of rotatable bonds is 4. The van der Waals surface area contributed by atoms with E-state index in [1.807, 2.05) is 42.5 Å². The fraction of sp³-hybridized carbons (Fsp3) is 0.222. The molecule has 0 saturated heterocycles. The minimum absolute atomic E-state index is 0.0725. The minimum atomic E-state index is -0.176. The summed E-state index contributed by atoms with van der Waals surface area (Å²) in [6, 6.07) is 15.2. The van der Waals surface area contributed by atoms with Gasteiger partial charge in [0.2, 0.25) is 5.91 Å². The number of amides is 2. The van der Waals surface area contributed by atoms with Crippen LogP contribution in [0.4, 0.5) is 5.69 Å². The molecule has 0 unspecified atom stereocenters. The molecule has 0 fully saturated rings. The normalized spacial score (nSPS) is 13.1. The Balaban J connectivity index is 1.62. The van der Waals surface area contributed by atoms with Crippen LogP contribution in [0.25, 0.3) is 0 Å². The van der Waals surface area contributed by atoms with Gasteiger partial charge in [0.15, 0.2) is 0 Å². The van der Waals surface area contributed by atoms with Crippen LogP contribution in [0.3, 0.4) is 0 Å². The van der Waals surface area contributed by atoms with Gasteiger partial charge in [0.25, 0.3) is 5.91 Å². The Morgan fingerprint density at radius 3 is 2.55 bits per heavy atom. The topological polar surface area (TPSA) is 49.4 Å². The van der Waals surface area contributed by atoms with E-state index in [0.717, 1.165) is 17.7 Å². The molecule has 0 spiro atoms. The molecular formula is C18H18N2O2. The van der Waals surface area contributed by atoms with E-state index in [1.165, 1.54) is 5.56 Å². The monoisotopic (exact) mass is 294 g/mol. The number of nitrogens with zero attached hydrogens (tertiary/aromatic N) is 1. The Kier molecular flexibility index (Phi) is 3.92. The fourth-order valence-electron chi connectivity index (χ4n) is 2.64. The van der Waals surface area contributed by atoms with E-state index >= 15 is 0 Å². The summed E-state index contributed by atoms with van der Waals surface area (Å²) in [5, 5.41) is 2.83. The zero-order valence-corrected chi connectivity index (χ0v) is 12.5. The van der Waals surface area contributed by atoms with Gasteiger partial charge in [0, 0.05) is 17.8 Å². The maximum absolute atomic E-state index is 12.2. The molecule has 0 bridgehead atoms. The minimum Gasteiger partial charge on any atom is -0.325 e. The molecule has 2 aromatic carbocycles. The molecule has 4 heteroatoms. The van der Waals surface area contributed by atoms with Gasteiger partial charge in [-0.15, -0.1) is 0 Å². The molecule has 1 aliphatic heterocycles. The molecule has 2 amide bonds. The number of fused-ring (bicyclic) bond motifs is 1. The number of hydrogen-bond acceptors (Lipinski definition) is 2. The Morgan fingerprint density at radius 2 is 1.86 bits per heavy atom.